The van der Waals surface area contributed by atoms with Gasteiger partial charge in [-0.2, -0.15) is 0 Å². The Morgan fingerprint density at radius 3 is 2.77 bits per heavy atom. The van der Waals surface area contributed by atoms with Crippen LogP contribution in [0.3, 0.4) is 0 Å². The van der Waals surface area contributed by atoms with Gasteiger partial charge in [0.15, 0.2) is 0 Å². The zero-order valence-corrected chi connectivity index (χ0v) is 13.5. The van der Waals surface area contributed by atoms with Crippen LogP contribution in [0.2, 0.25) is 0 Å². The first-order chi connectivity index (χ1) is 10.6. The third-order valence-corrected chi connectivity index (χ3v) is 3.53. The zero-order chi connectivity index (χ0) is 15.8. The van der Waals surface area contributed by atoms with Gasteiger partial charge in [-0.3, -0.25) is 9.69 Å². The lowest BCUT2D eigenvalue weighted by Crippen LogP contribution is -2.39. The van der Waals surface area contributed by atoms with Crippen LogP contribution in [0, 0.1) is 5.92 Å². The SMILES string of the molecule is CC(C)CNC(=O)c1ccc(NCCN2CCOCC2)nc1. The van der Waals surface area contributed by atoms with Gasteiger partial charge in [-0.15, -0.1) is 0 Å². The van der Waals surface area contributed by atoms with Gasteiger partial charge >= 0.3 is 0 Å². The molecule has 2 heterocycles. The molecule has 0 saturated carbocycles. The van der Waals surface area contributed by atoms with Crippen molar-refractivity contribution in [3.63, 3.8) is 0 Å². The highest BCUT2D eigenvalue weighted by atomic mass is 16.5. The summed E-state index contributed by atoms with van der Waals surface area (Å²) in [6.07, 6.45) is 1.62. The van der Waals surface area contributed by atoms with Crippen LogP contribution in [0.15, 0.2) is 18.3 Å². The van der Waals surface area contributed by atoms with Crippen LogP contribution in [-0.4, -0.2) is 61.7 Å². The number of pyridine rings is 1. The summed E-state index contributed by atoms with van der Waals surface area (Å²) in [5, 5.41) is 6.17. The molecule has 0 atom stereocenters. The number of amides is 1. The van der Waals surface area contributed by atoms with E-state index in [1.165, 1.54) is 0 Å². The number of aromatic nitrogens is 1. The van der Waals surface area contributed by atoms with Crippen LogP contribution in [0.5, 0.6) is 0 Å². The van der Waals surface area contributed by atoms with Crippen molar-refractivity contribution < 1.29 is 9.53 Å². The molecule has 22 heavy (non-hydrogen) atoms. The van der Waals surface area contributed by atoms with Gasteiger partial charge in [-0.05, 0) is 18.1 Å². The second kappa shape index (κ2) is 8.70. The van der Waals surface area contributed by atoms with Crippen molar-refractivity contribution in [1.82, 2.24) is 15.2 Å². The van der Waals surface area contributed by atoms with Crippen molar-refractivity contribution >= 4 is 11.7 Å². The number of rotatable bonds is 7. The van der Waals surface area contributed by atoms with Crippen LogP contribution in [0.1, 0.15) is 24.2 Å². The second-order valence-electron chi connectivity index (χ2n) is 5.92. The number of morpholine rings is 1. The third kappa shape index (κ3) is 5.61. The van der Waals surface area contributed by atoms with Gasteiger partial charge in [0.2, 0.25) is 0 Å². The van der Waals surface area contributed by atoms with Crippen LogP contribution in [0.25, 0.3) is 0 Å². The van der Waals surface area contributed by atoms with E-state index >= 15 is 0 Å². The highest BCUT2D eigenvalue weighted by molar-refractivity contribution is 5.94. The van der Waals surface area contributed by atoms with Gasteiger partial charge in [-0.1, -0.05) is 13.8 Å². The number of anilines is 1. The molecule has 1 aliphatic heterocycles. The van der Waals surface area contributed by atoms with Gasteiger partial charge in [0.1, 0.15) is 5.82 Å². The van der Waals surface area contributed by atoms with E-state index in [9.17, 15) is 4.79 Å². The molecule has 1 amide bonds. The molecule has 1 aliphatic rings. The van der Waals surface area contributed by atoms with Crippen LogP contribution < -0.4 is 10.6 Å². The minimum Gasteiger partial charge on any atom is -0.379 e. The summed E-state index contributed by atoms with van der Waals surface area (Å²) >= 11 is 0. The molecule has 0 radical (unpaired) electrons. The summed E-state index contributed by atoms with van der Waals surface area (Å²) in [5.74, 6) is 1.17. The first-order valence-corrected chi connectivity index (χ1v) is 7.93. The summed E-state index contributed by atoms with van der Waals surface area (Å²) in [6.45, 7) is 10.2. The van der Waals surface area contributed by atoms with Crippen LogP contribution in [-0.2, 0) is 4.74 Å². The lowest BCUT2D eigenvalue weighted by Gasteiger charge is -2.26. The van der Waals surface area contributed by atoms with E-state index in [0.717, 1.165) is 45.2 Å². The predicted octanol–water partition coefficient (Wildman–Crippen LogP) is 1.21. The van der Waals surface area contributed by atoms with Crippen molar-refractivity contribution in [3.8, 4) is 0 Å². The molecule has 2 rings (SSSR count). The Kier molecular flexibility index (Phi) is 6.61. The highest BCUT2D eigenvalue weighted by Crippen LogP contribution is 2.05. The number of nitrogens with one attached hydrogen (secondary N) is 2. The van der Waals surface area contributed by atoms with Gasteiger partial charge in [0.05, 0.1) is 18.8 Å². The fraction of sp³-hybridized carbons (Fsp3) is 0.625. The minimum absolute atomic E-state index is 0.0685. The number of carbonyl (C=O) groups excluding carboxylic acids is 1. The molecule has 0 bridgehead atoms. The van der Waals surface area contributed by atoms with E-state index in [-0.39, 0.29) is 5.91 Å². The lowest BCUT2D eigenvalue weighted by atomic mass is 10.2. The Morgan fingerprint density at radius 2 is 2.14 bits per heavy atom. The van der Waals surface area contributed by atoms with Crippen molar-refractivity contribution in [2.45, 2.75) is 13.8 Å². The van der Waals surface area contributed by atoms with E-state index in [1.807, 2.05) is 6.07 Å². The molecular weight excluding hydrogens is 280 g/mol. The smallest absolute Gasteiger partial charge is 0.252 e. The van der Waals surface area contributed by atoms with Crippen LogP contribution >= 0.6 is 0 Å². The number of carbonyl (C=O) groups is 1. The van der Waals surface area contributed by atoms with E-state index < -0.39 is 0 Å². The number of ether oxygens (including phenoxy) is 1. The Morgan fingerprint density at radius 1 is 1.36 bits per heavy atom. The van der Waals surface area contributed by atoms with Crippen molar-refractivity contribution in [2.75, 3.05) is 51.3 Å². The summed E-state index contributed by atoms with van der Waals surface area (Å²) in [7, 11) is 0. The third-order valence-electron chi connectivity index (χ3n) is 3.53. The molecule has 0 spiro atoms. The molecule has 1 aromatic heterocycles. The number of hydrogen-bond donors (Lipinski definition) is 2. The highest BCUT2D eigenvalue weighted by Gasteiger charge is 2.10. The van der Waals surface area contributed by atoms with Crippen LogP contribution in [0.4, 0.5) is 5.82 Å². The number of hydrogen-bond acceptors (Lipinski definition) is 5. The van der Waals surface area contributed by atoms with E-state index in [0.29, 0.717) is 18.0 Å². The summed E-state index contributed by atoms with van der Waals surface area (Å²) in [4.78, 5) is 18.6. The molecule has 0 aromatic carbocycles. The van der Waals surface area contributed by atoms with Gasteiger partial charge in [-0.25, -0.2) is 4.98 Å². The topological polar surface area (TPSA) is 66.5 Å². The van der Waals surface area contributed by atoms with E-state index in [4.69, 9.17) is 4.74 Å². The standard InChI is InChI=1S/C16H26N4O2/c1-13(2)11-19-16(21)14-3-4-15(18-12-14)17-5-6-20-7-9-22-10-8-20/h3-4,12-13H,5-11H2,1-2H3,(H,17,18)(H,19,21). The predicted molar refractivity (Wildman–Crippen MR) is 87.2 cm³/mol. The molecule has 122 valence electrons. The van der Waals surface area contributed by atoms with Gasteiger partial charge < -0.3 is 15.4 Å². The molecule has 0 unspecified atom stereocenters. The fourth-order valence-electron chi connectivity index (χ4n) is 2.20. The first kappa shape index (κ1) is 16.7. The molecule has 1 fully saturated rings. The first-order valence-electron chi connectivity index (χ1n) is 7.93. The van der Waals surface area contributed by atoms with E-state index in [1.54, 1.807) is 12.3 Å². The van der Waals surface area contributed by atoms with Crippen molar-refractivity contribution in [2.24, 2.45) is 5.92 Å². The molecule has 2 N–H and O–H groups in total. The Labute approximate surface area is 132 Å². The average molecular weight is 306 g/mol. The molecule has 0 aliphatic carbocycles. The maximum absolute atomic E-state index is 11.9. The zero-order valence-electron chi connectivity index (χ0n) is 13.5. The monoisotopic (exact) mass is 306 g/mol. The summed E-state index contributed by atoms with van der Waals surface area (Å²) in [5.41, 5.74) is 0.597. The van der Waals surface area contributed by atoms with Crippen molar-refractivity contribution in [3.05, 3.63) is 23.9 Å². The quantitative estimate of drug-likeness (QED) is 0.793. The Balaban J connectivity index is 1.72. The Hall–Kier alpha value is -1.66. The molecular formula is C16H26N4O2. The molecule has 6 nitrogen and oxygen atoms in total. The van der Waals surface area contributed by atoms with Gasteiger partial charge in [0.25, 0.3) is 5.91 Å². The summed E-state index contributed by atoms with van der Waals surface area (Å²) in [6, 6.07) is 3.66. The van der Waals surface area contributed by atoms with E-state index in [2.05, 4.69) is 34.4 Å². The second-order valence-corrected chi connectivity index (χ2v) is 5.92. The minimum atomic E-state index is -0.0685. The molecule has 1 saturated heterocycles. The maximum atomic E-state index is 11.9. The number of nitrogens with zero attached hydrogens (tertiary/aromatic N) is 2. The maximum Gasteiger partial charge on any atom is 0.252 e. The summed E-state index contributed by atoms with van der Waals surface area (Å²) < 4.78 is 5.32. The largest absolute Gasteiger partial charge is 0.379 e. The molecule has 6 heteroatoms. The molecule has 1 aromatic rings. The average Bonchev–Trinajstić information content (AvgIpc) is 2.54. The lowest BCUT2D eigenvalue weighted by molar-refractivity contribution is 0.0398. The van der Waals surface area contributed by atoms with Gasteiger partial charge in [0, 0.05) is 38.9 Å². The normalized spacial score (nSPS) is 15.8. The fourth-order valence-corrected chi connectivity index (χ4v) is 2.20. The Bertz CT molecular complexity index is 456. The van der Waals surface area contributed by atoms with Crippen molar-refractivity contribution in [1.29, 1.82) is 0 Å².